The summed E-state index contributed by atoms with van der Waals surface area (Å²) in [5.74, 6) is -0.352. The largest absolute Gasteiger partial charge is 0.496 e. The molecular formula is C20H17F3N2O4S. The zero-order valence-electron chi connectivity index (χ0n) is 15.7. The average Bonchev–Trinajstić information content (AvgIpc) is 3.02. The minimum atomic E-state index is -4.41. The number of aromatic hydroxyl groups is 1. The van der Waals surface area contributed by atoms with Gasteiger partial charge in [0.2, 0.25) is 5.88 Å². The zero-order chi connectivity index (χ0) is 21.9. The van der Waals surface area contributed by atoms with Gasteiger partial charge in [-0.05, 0) is 35.4 Å². The predicted octanol–water partition coefficient (Wildman–Crippen LogP) is 3.69. The number of amides is 1. The normalized spacial score (nSPS) is 11.3. The molecule has 3 aromatic rings. The lowest BCUT2D eigenvalue weighted by molar-refractivity contribution is -0.137. The van der Waals surface area contributed by atoms with Gasteiger partial charge in [-0.25, -0.2) is 0 Å². The van der Waals surface area contributed by atoms with Gasteiger partial charge in [0.05, 0.1) is 23.1 Å². The van der Waals surface area contributed by atoms with Crippen LogP contribution in [-0.2, 0) is 19.1 Å². The molecule has 3 rings (SSSR count). The van der Waals surface area contributed by atoms with E-state index >= 15 is 0 Å². The molecule has 0 aliphatic rings. The number of aromatic amines is 1. The summed E-state index contributed by atoms with van der Waals surface area (Å²) >= 11 is 0.890. The van der Waals surface area contributed by atoms with E-state index in [2.05, 4.69) is 10.3 Å². The van der Waals surface area contributed by atoms with Crippen molar-refractivity contribution >= 4 is 17.2 Å². The zero-order valence-corrected chi connectivity index (χ0v) is 16.5. The standard InChI is InChI=1S/C20H17F3N2O4S/c1-29-15-8-12(9-16-18(27)25-19(28)30-16)4-7-14(15)17(26)24-10-11-2-5-13(6-3-11)20(21,22)23/h2-8,27H,9-10H2,1H3,(H,24,26)(H,25,28). The van der Waals surface area contributed by atoms with E-state index < -0.39 is 17.6 Å². The topological polar surface area (TPSA) is 91.4 Å². The minimum absolute atomic E-state index is 0.0487. The van der Waals surface area contributed by atoms with Gasteiger partial charge in [0, 0.05) is 13.0 Å². The van der Waals surface area contributed by atoms with Gasteiger partial charge in [0.1, 0.15) is 5.75 Å². The number of methoxy groups -OCH3 is 1. The Bertz CT molecular complexity index is 1100. The molecular weight excluding hydrogens is 421 g/mol. The molecule has 0 fully saturated rings. The van der Waals surface area contributed by atoms with Gasteiger partial charge < -0.3 is 15.2 Å². The van der Waals surface area contributed by atoms with Crippen LogP contribution in [0.15, 0.2) is 47.3 Å². The first kappa shape index (κ1) is 21.4. The Labute approximate surface area is 173 Å². The molecule has 0 radical (unpaired) electrons. The summed E-state index contributed by atoms with van der Waals surface area (Å²) in [5, 5.41) is 12.3. The number of benzene rings is 2. The molecule has 0 spiro atoms. The number of carbonyl (C=O) groups excluding carboxylic acids is 1. The second-order valence-electron chi connectivity index (χ2n) is 6.38. The van der Waals surface area contributed by atoms with E-state index in [9.17, 15) is 27.9 Å². The number of rotatable bonds is 6. The van der Waals surface area contributed by atoms with Crippen LogP contribution in [0.3, 0.4) is 0 Å². The summed E-state index contributed by atoms with van der Waals surface area (Å²) in [4.78, 5) is 26.2. The van der Waals surface area contributed by atoms with Gasteiger partial charge in [-0.2, -0.15) is 13.2 Å². The van der Waals surface area contributed by atoms with Crippen molar-refractivity contribution < 1.29 is 27.8 Å². The number of carbonyl (C=O) groups is 1. The second-order valence-corrected chi connectivity index (χ2v) is 7.44. The molecule has 0 bridgehead atoms. The van der Waals surface area contributed by atoms with Crippen molar-refractivity contribution in [2.45, 2.75) is 19.1 Å². The Hall–Kier alpha value is -3.27. The van der Waals surface area contributed by atoms with Crippen LogP contribution in [0.25, 0.3) is 0 Å². The SMILES string of the molecule is COc1cc(Cc2sc(=O)[nH]c2O)ccc1C(=O)NCc1ccc(C(F)(F)F)cc1. The monoisotopic (exact) mass is 438 g/mol. The van der Waals surface area contributed by atoms with Crippen LogP contribution >= 0.6 is 11.3 Å². The summed E-state index contributed by atoms with van der Waals surface area (Å²) in [5.41, 5.74) is 0.731. The molecule has 0 atom stereocenters. The van der Waals surface area contributed by atoms with Crippen molar-refractivity contribution in [1.29, 1.82) is 0 Å². The summed E-state index contributed by atoms with van der Waals surface area (Å²) in [7, 11) is 1.40. The number of nitrogens with one attached hydrogen (secondary N) is 2. The van der Waals surface area contributed by atoms with E-state index in [4.69, 9.17) is 4.74 Å². The van der Waals surface area contributed by atoms with Gasteiger partial charge in [-0.3, -0.25) is 14.6 Å². The van der Waals surface area contributed by atoms with Crippen molar-refractivity contribution in [1.82, 2.24) is 10.3 Å². The van der Waals surface area contributed by atoms with E-state index in [-0.39, 0.29) is 29.3 Å². The van der Waals surface area contributed by atoms with Crippen LogP contribution in [-0.4, -0.2) is 23.1 Å². The van der Waals surface area contributed by atoms with E-state index in [1.165, 1.54) is 19.2 Å². The number of H-pyrrole nitrogens is 1. The maximum Gasteiger partial charge on any atom is 0.416 e. The molecule has 1 aromatic heterocycles. The molecule has 0 saturated carbocycles. The molecule has 1 heterocycles. The molecule has 2 aromatic carbocycles. The van der Waals surface area contributed by atoms with Gasteiger partial charge in [0.25, 0.3) is 5.91 Å². The summed E-state index contributed by atoms with van der Waals surface area (Å²) in [6.07, 6.45) is -4.14. The lowest BCUT2D eigenvalue weighted by Crippen LogP contribution is -2.23. The van der Waals surface area contributed by atoms with E-state index in [0.29, 0.717) is 16.2 Å². The number of hydrogen-bond donors (Lipinski definition) is 3. The molecule has 1 amide bonds. The smallest absolute Gasteiger partial charge is 0.416 e. The first-order valence-electron chi connectivity index (χ1n) is 8.69. The van der Waals surface area contributed by atoms with Crippen molar-refractivity contribution in [3.8, 4) is 11.6 Å². The van der Waals surface area contributed by atoms with Crippen LogP contribution < -0.4 is 14.9 Å². The Morgan fingerprint density at radius 2 is 1.83 bits per heavy atom. The molecule has 6 nitrogen and oxygen atoms in total. The Morgan fingerprint density at radius 3 is 2.40 bits per heavy atom. The highest BCUT2D eigenvalue weighted by Gasteiger charge is 2.29. The van der Waals surface area contributed by atoms with Gasteiger partial charge in [-0.15, -0.1) is 0 Å². The molecule has 3 N–H and O–H groups in total. The minimum Gasteiger partial charge on any atom is -0.496 e. The van der Waals surface area contributed by atoms with Crippen LogP contribution in [0.5, 0.6) is 11.6 Å². The molecule has 0 aliphatic heterocycles. The highest BCUT2D eigenvalue weighted by molar-refractivity contribution is 7.09. The maximum absolute atomic E-state index is 12.6. The Morgan fingerprint density at radius 1 is 1.17 bits per heavy atom. The highest BCUT2D eigenvalue weighted by Crippen LogP contribution is 2.29. The number of hydrogen-bond acceptors (Lipinski definition) is 5. The third-order valence-corrected chi connectivity index (χ3v) is 5.18. The van der Waals surface area contributed by atoms with Gasteiger partial charge in [-0.1, -0.05) is 29.5 Å². The molecule has 30 heavy (non-hydrogen) atoms. The van der Waals surface area contributed by atoms with Gasteiger partial charge >= 0.3 is 11.0 Å². The third kappa shape index (κ3) is 5.01. The van der Waals surface area contributed by atoms with E-state index in [1.807, 2.05) is 0 Å². The quantitative estimate of drug-likeness (QED) is 0.548. The van der Waals surface area contributed by atoms with Crippen molar-refractivity contribution in [2.75, 3.05) is 7.11 Å². The average molecular weight is 438 g/mol. The number of alkyl halides is 3. The fourth-order valence-corrected chi connectivity index (χ4v) is 3.54. The Kier molecular flexibility index (Phi) is 6.16. The Balaban J connectivity index is 1.69. The molecule has 10 heteroatoms. The molecule has 158 valence electrons. The van der Waals surface area contributed by atoms with Crippen LogP contribution in [0.1, 0.15) is 31.9 Å². The molecule has 0 aliphatic carbocycles. The predicted molar refractivity (Wildman–Crippen MR) is 105 cm³/mol. The number of ether oxygens (including phenoxy) is 1. The number of aromatic nitrogens is 1. The first-order valence-corrected chi connectivity index (χ1v) is 9.51. The first-order chi connectivity index (χ1) is 14.2. The summed E-state index contributed by atoms with van der Waals surface area (Å²) < 4.78 is 43.1. The van der Waals surface area contributed by atoms with Crippen molar-refractivity contribution in [3.05, 3.63) is 79.3 Å². The summed E-state index contributed by atoms with van der Waals surface area (Å²) in [6.45, 7) is 0.0487. The molecule has 0 saturated heterocycles. The summed E-state index contributed by atoms with van der Waals surface area (Å²) in [6, 6.07) is 9.36. The maximum atomic E-state index is 12.6. The van der Waals surface area contributed by atoms with Crippen molar-refractivity contribution in [2.24, 2.45) is 0 Å². The van der Waals surface area contributed by atoms with Crippen LogP contribution in [0.2, 0.25) is 0 Å². The number of thiazole rings is 1. The fourth-order valence-electron chi connectivity index (χ4n) is 2.78. The lowest BCUT2D eigenvalue weighted by atomic mass is 10.1. The fraction of sp³-hybridized carbons (Fsp3) is 0.200. The van der Waals surface area contributed by atoms with E-state index in [1.54, 1.807) is 18.2 Å². The van der Waals surface area contributed by atoms with Gasteiger partial charge in [0.15, 0.2) is 0 Å². The molecule has 0 unspecified atom stereocenters. The van der Waals surface area contributed by atoms with Crippen LogP contribution in [0.4, 0.5) is 13.2 Å². The second kappa shape index (κ2) is 8.62. The highest BCUT2D eigenvalue weighted by atomic mass is 32.1. The van der Waals surface area contributed by atoms with Crippen LogP contribution in [0, 0.1) is 0 Å². The van der Waals surface area contributed by atoms with Crippen molar-refractivity contribution in [3.63, 3.8) is 0 Å². The lowest BCUT2D eigenvalue weighted by Gasteiger charge is -2.12. The van der Waals surface area contributed by atoms with E-state index in [0.717, 1.165) is 29.0 Å². The third-order valence-electron chi connectivity index (χ3n) is 4.31. The number of halogens is 3.